The molecule has 0 saturated heterocycles. The van der Waals surface area contributed by atoms with Crippen LogP contribution in [0.15, 0.2) is 83.5 Å². The van der Waals surface area contributed by atoms with Crippen LogP contribution in [0, 0.1) is 6.92 Å². The Morgan fingerprint density at radius 1 is 0.944 bits per heavy atom. The highest BCUT2D eigenvalue weighted by atomic mass is 16.5. The van der Waals surface area contributed by atoms with E-state index in [1.165, 1.54) is 0 Å². The summed E-state index contributed by atoms with van der Waals surface area (Å²) in [5, 5.41) is 17.7. The molecule has 0 bridgehead atoms. The van der Waals surface area contributed by atoms with Gasteiger partial charge in [-0.05, 0) is 43.0 Å². The lowest BCUT2D eigenvalue weighted by molar-refractivity contribution is 0.303. The van der Waals surface area contributed by atoms with E-state index in [4.69, 9.17) is 9.26 Å². The lowest BCUT2D eigenvalue weighted by Gasteiger charge is -2.11. The minimum absolute atomic E-state index is 0.452. The minimum atomic E-state index is 0.452. The molecule has 0 aliphatic rings. The van der Waals surface area contributed by atoms with Gasteiger partial charge in [-0.2, -0.15) is 10.1 Å². The molecule has 3 heterocycles. The summed E-state index contributed by atoms with van der Waals surface area (Å²) in [5.74, 6) is 3.43. The molecule has 3 aromatic heterocycles. The first kappa shape index (κ1) is 23.1. The summed E-state index contributed by atoms with van der Waals surface area (Å²) >= 11 is 0. The van der Waals surface area contributed by atoms with Crippen LogP contribution in [0.4, 0.5) is 17.6 Å². The quantitative estimate of drug-likeness (QED) is 0.235. The number of nitrogens with one attached hydrogen (secondary N) is 3. The smallest absolute Gasteiger partial charge is 0.224 e. The number of rotatable bonds is 11. The van der Waals surface area contributed by atoms with Gasteiger partial charge in [0.05, 0.1) is 12.2 Å². The highest BCUT2D eigenvalue weighted by molar-refractivity contribution is 5.53. The molecule has 0 spiro atoms. The van der Waals surface area contributed by atoms with Crippen LogP contribution in [0.2, 0.25) is 0 Å². The lowest BCUT2D eigenvalue weighted by Crippen LogP contribution is -2.04. The fourth-order valence-corrected chi connectivity index (χ4v) is 3.72. The van der Waals surface area contributed by atoms with E-state index in [2.05, 4.69) is 54.2 Å². The first-order valence-corrected chi connectivity index (χ1v) is 11.8. The van der Waals surface area contributed by atoms with Crippen molar-refractivity contribution < 1.29 is 9.26 Å². The Hall–Kier alpha value is -4.66. The maximum atomic E-state index is 6.09. The van der Waals surface area contributed by atoms with Crippen molar-refractivity contribution in [2.24, 2.45) is 0 Å². The first-order valence-electron chi connectivity index (χ1n) is 11.8. The largest absolute Gasteiger partial charge is 0.489 e. The van der Waals surface area contributed by atoms with Gasteiger partial charge in [0, 0.05) is 24.0 Å². The topological polar surface area (TPSA) is 114 Å². The Kier molecular flexibility index (Phi) is 7.17. The molecular weight excluding hydrogens is 454 g/mol. The zero-order valence-electron chi connectivity index (χ0n) is 19.9. The maximum absolute atomic E-state index is 6.09. The highest BCUT2D eigenvalue weighted by Crippen LogP contribution is 2.22. The van der Waals surface area contributed by atoms with Crippen molar-refractivity contribution in [3.05, 3.63) is 107 Å². The molecular formula is C27H27N7O2. The molecule has 182 valence electrons. The van der Waals surface area contributed by atoms with Gasteiger partial charge < -0.3 is 19.9 Å². The number of H-pyrrole nitrogens is 1. The average Bonchev–Trinajstić information content (AvgIpc) is 3.54. The number of hydrogen-bond acceptors (Lipinski definition) is 8. The standard InChI is InChI=1S/C27H27N7O2/c1-19-15-23(36-34-19)17-29-27-28-14-13-25(31-27)30-26-16-22(32-33-26)12-11-21-9-5-6-10-24(21)35-18-20-7-3-2-4-8-20/h2-10,13-16H,11-12,17-18H2,1H3,(H3,28,29,30,31,32,33). The van der Waals surface area contributed by atoms with Crippen molar-refractivity contribution in [2.45, 2.75) is 32.9 Å². The molecule has 2 aromatic carbocycles. The fourth-order valence-electron chi connectivity index (χ4n) is 3.72. The second kappa shape index (κ2) is 11.2. The minimum Gasteiger partial charge on any atom is -0.489 e. The van der Waals surface area contributed by atoms with E-state index in [9.17, 15) is 0 Å². The van der Waals surface area contributed by atoms with Gasteiger partial charge in [0.15, 0.2) is 11.6 Å². The van der Waals surface area contributed by atoms with Gasteiger partial charge in [0.25, 0.3) is 0 Å². The third-order valence-corrected chi connectivity index (χ3v) is 5.51. The van der Waals surface area contributed by atoms with Crippen LogP contribution in [0.3, 0.4) is 0 Å². The number of aryl methyl sites for hydroxylation is 3. The molecule has 0 amide bonds. The van der Waals surface area contributed by atoms with Gasteiger partial charge in [-0.15, -0.1) is 0 Å². The van der Waals surface area contributed by atoms with E-state index < -0.39 is 0 Å². The second-order valence-electron chi connectivity index (χ2n) is 8.34. The number of para-hydroxylation sites is 1. The van der Waals surface area contributed by atoms with Crippen molar-refractivity contribution in [1.82, 2.24) is 25.3 Å². The first-order chi connectivity index (χ1) is 17.7. The zero-order chi connectivity index (χ0) is 24.6. The average molecular weight is 482 g/mol. The van der Waals surface area contributed by atoms with Crippen LogP contribution in [0.25, 0.3) is 0 Å². The molecule has 0 unspecified atom stereocenters. The lowest BCUT2D eigenvalue weighted by atomic mass is 10.1. The Morgan fingerprint density at radius 3 is 2.67 bits per heavy atom. The van der Waals surface area contributed by atoms with Gasteiger partial charge in [-0.1, -0.05) is 53.7 Å². The summed E-state index contributed by atoms with van der Waals surface area (Å²) in [7, 11) is 0. The van der Waals surface area contributed by atoms with E-state index in [1.807, 2.05) is 55.5 Å². The zero-order valence-corrected chi connectivity index (χ0v) is 19.9. The molecule has 0 fully saturated rings. The normalized spacial score (nSPS) is 10.8. The van der Waals surface area contributed by atoms with E-state index in [1.54, 1.807) is 12.3 Å². The van der Waals surface area contributed by atoms with Gasteiger partial charge >= 0.3 is 0 Å². The number of aromatic nitrogens is 5. The van der Waals surface area contributed by atoms with Gasteiger partial charge in [0.1, 0.15) is 18.2 Å². The maximum Gasteiger partial charge on any atom is 0.224 e. The van der Waals surface area contributed by atoms with Gasteiger partial charge in [-0.25, -0.2) is 4.98 Å². The van der Waals surface area contributed by atoms with E-state index in [0.29, 0.717) is 30.7 Å². The van der Waals surface area contributed by atoms with Gasteiger partial charge in [0.2, 0.25) is 5.95 Å². The van der Waals surface area contributed by atoms with Crippen molar-refractivity contribution in [3.8, 4) is 5.75 Å². The predicted molar refractivity (Wildman–Crippen MR) is 137 cm³/mol. The number of nitrogens with zero attached hydrogens (tertiary/aromatic N) is 4. The Labute approximate surface area is 208 Å². The monoisotopic (exact) mass is 481 g/mol. The van der Waals surface area contributed by atoms with Crippen LogP contribution in [-0.4, -0.2) is 25.3 Å². The number of hydrogen-bond donors (Lipinski definition) is 3. The number of benzene rings is 2. The Morgan fingerprint density at radius 2 is 1.81 bits per heavy atom. The number of anilines is 3. The SMILES string of the molecule is Cc1cc(CNc2nccc(Nc3cc(CCc4ccccc4OCc4ccccc4)[nH]n3)n2)on1. The Balaban J connectivity index is 1.15. The molecule has 0 aliphatic carbocycles. The van der Waals surface area contributed by atoms with Crippen molar-refractivity contribution in [3.63, 3.8) is 0 Å². The van der Waals surface area contributed by atoms with Crippen LogP contribution < -0.4 is 15.4 Å². The molecule has 0 saturated carbocycles. The van der Waals surface area contributed by atoms with Crippen LogP contribution in [0.1, 0.15) is 28.3 Å². The molecule has 36 heavy (non-hydrogen) atoms. The summed E-state index contributed by atoms with van der Waals surface area (Å²) in [5.41, 5.74) is 4.16. The summed E-state index contributed by atoms with van der Waals surface area (Å²) < 4.78 is 11.3. The number of ether oxygens (including phenoxy) is 1. The molecule has 3 N–H and O–H groups in total. The van der Waals surface area contributed by atoms with Crippen molar-refractivity contribution >= 4 is 17.6 Å². The van der Waals surface area contributed by atoms with Crippen LogP contribution >= 0.6 is 0 Å². The second-order valence-corrected chi connectivity index (χ2v) is 8.34. The number of aromatic amines is 1. The summed E-state index contributed by atoms with van der Waals surface area (Å²) in [4.78, 5) is 8.73. The predicted octanol–water partition coefficient (Wildman–Crippen LogP) is 5.22. The van der Waals surface area contributed by atoms with E-state index in [0.717, 1.165) is 46.9 Å². The molecule has 9 heteroatoms. The Bertz CT molecular complexity index is 1400. The van der Waals surface area contributed by atoms with E-state index >= 15 is 0 Å². The summed E-state index contributed by atoms with van der Waals surface area (Å²) in [6.07, 6.45) is 3.31. The van der Waals surface area contributed by atoms with Crippen molar-refractivity contribution in [1.29, 1.82) is 0 Å². The summed E-state index contributed by atoms with van der Waals surface area (Å²) in [6.45, 7) is 2.88. The van der Waals surface area contributed by atoms with E-state index in [-0.39, 0.29) is 0 Å². The van der Waals surface area contributed by atoms with Gasteiger partial charge in [-0.3, -0.25) is 5.10 Å². The molecule has 5 rings (SSSR count). The van der Waals surface area contributed by atoms with Crippen LogP contribution in [0.5, 0.6) is 5.75 Å². The van der Waals surface area contributed by atoms with Crippen molar-refractivity contribution in [2.75, 3.05) is 10.6 Å². The fraction of sp³-hybridized carbons (Fsp3) is 0.185. The third-order valence-electron chi connectivity index (χ3n) is 5.51. The molecule has 5 aromatic rings. The third kappa shape index (κ3) is 6.26. The highest BCUT2D eigenvalue weighted by Gasteiger charge is 2.08. The van der Waals surface area contributed by atoms with Crippen LogP contribution in [-0.2, 0) is 26.0 Å². The molecule has 0 aliphatic heterocycles. The molecule has 9 nitrogen and oxygen atoms in total. The molecule has 0 atom stereocenters. The molecule has 0 radical (unpaired) electrons. The summed E-state index contributed by atoms with van der Waals surface area (Å²) in [6, 6.07) is 24.0.